The van der Waals surface area contributed by atoms with Gasteiger partial charge in [0, 0.05) is 22.0 Å². The van der Waals surface area contributed by atoms with Gasteiger partial charge >= 0.3 is 0 Å². The molecule has 6 heteroatoms. The van der Waals surface area contributed by atoms with Gasteiger partial charge in [-0.3, -0.25) is 4.79 Å². The predicted molar refractivity (Wildman–Crippen MR) is 114 cm³/mol. The quantitative estimate of drug-likeness (QED) is 0.487. The van der Waals surface area contributed by atoms with E-state index >= 15 is 0 Å². The molecule has 0 amide bonds. The molecule has 28 heavy (non-hydrogen) atoms. The number of carbonyl (C=O) groups excluding carboxylic acids is 1. The highest BCUT2D eigenvalue weighted by atomic mass is 79.9. The molecule has 1 aromatic heterocycles. The number of aryl methyl sites for hydroxylation is 1. The number of benzene rings is 2. The van der Waals surface area contributed by atoms with E-state index < -0.39 is 6.23 Å². The molecule has 0 unspecified atom stereocenters. The van der Waals surface area contributed by atoms with Crippen molar-refractivity contribution in [3.8, 4) is 5.75 Å². The Labute approximate surface area is 175 Å². The first-order valence-corrected chi connectivity index (χ1v) is 10.7. The molecule has 140 valence electrons. The van der Waals surface area contributed by atoms with Crippen LogP contribution in [0.5, 0.6) is 5.75 Å². The monoisotopic (exact) mass is 452 g/mol. The summed E-state index contributed by atoms with van der Waals surface area (Å²) in [6.07, 6.45) is -0.00999. The number of nitrogens with zero attached hydrogens (tertiary/aromatic N) is 2. The molecule has 5 rings (SSSR count). The maximum absolute atomic E-state index is 13.3. The minimum Gasteiger partial charge on any atom is -0.461 e. The number of fused-ring (bicyclic) bond motifs is 3. The van der Waals surface area contributed by atoms with Crippen LogP contribution < -0.4 is 4.74 Å². The lowest BCUT2D eigenvalue weighted by Gasteiger charge is -2.37. The van der Waals surface area contributed by atoms with Crippen molar-refractivity contribution in [3.05, 3.63) is 86.0 Å². The number of Topliss-reactive ketones (excluding diaryl/α,β-unsaturated/α-hetero) is 1. The Morgan fingerprint density at radius 1 is 1.21 bits per heavy atom. The van der Waals surface area contributed by atoms with Crippen molar-refractivity contribution in [2.45, 2.75) is 25.6 Å². The summed E-state index contributed by atoms with van der Waals surface area (Å²) in [4.78, 5) is 14.4. The Hall–Kier alpha value is -2.44. The van der Waals surface area contributed by atoms with E-state index in [1.807, 2.05) is 59.8 Å². The van der Waals surface area contributed by atoms with E-state index in [1.54, 1.807) is 11.3 Å². The van der Waals surface area contributed by atoms with Crippen molar-refractivity contribution >= 4 is 38.8 Å². The maximum Gasteiger partial charge on any atom is 0.251 e. The van der Waals surface area contributed by atoms with Crippen LogP contribution in [0.2, 0.25) is 0 Å². The van der Waals surface area contributed by atoms with Crippen LogP contribution in [0.25, 0.3) is 0 Å². The number of hydrogen-bond donors (Lipinski definition) is 0. The van der Waals surface area contributed by atoms with Crippen LogP contribution in [0.15, 0.2) is 69.6 Å². The highest BCUT2D eigenvalue weighted by molar-refractivity contribution is 9.10. The average Bonchev–Trinajstić information content (AvgIpc) is 3.37. The van der Waals surface area contributed by atoms with E-state index in [-0.39, 0.29) is 11.8 Å². The molecule has 0 saturated carbocycles. The number of hydrogen-bond acceptors (Lipinski definition) is 5. The molecule has 2 aliphatic heterocycles. The van der Waals surface area contributed by atoms with Crippen molar-refractivity contribution < 1.29 is 9.53 Å². The molecule has 3 aromatic rings. The first kappa shape index (κ1) is 17.6. The molecule has 0 spiro atoms. The Bertz CT molecular complexity index is 1080. The van der Waals surface area contributed by atoms with Crippen LogP contribution in [0.4, 0.5) is 0 Å². The summed E-state index contributed by atoms with van der Waals surface area (Å²) in [5.41, 5.74) is 3.80. The number of thiophene rings is 1. The van der Waals surface area contributed by atoms with Gasteiger partial charge in [-0.25, -0.2) is 5.01 Å². The minimum atomic E-state index is -0.765. The topological polar surface area (TPSA) is 41.9 Å². The van der Waals surface area contributed by atoms with Crippen LogP contribution in [-0.4, -0.2) is 22.7 Å². The second-order valence-corrected chi connectivity index (χ2v) is 8.87. The summed E-state index contributed by atoms with van der Waals surface area (Å²) < 4.78 is 7.15. The number of ketones is 1. The fourth-order valence-corrected chi connectivity index (χ4v) is 4.78. The summed E-state index contributed by atoms with van der Waals surface area (Å²) in [5, 5.41) is 8.71. The smallest absolute Gasteiger partial charge is 0.251 e. The fraction of sp³-hybridized carbons (Fsp3) is 0.182. The molecular weight excluding hydrogens is 436 g/mol. The molecule has 0 saturated heterocycles. The lowest BCUT2D eigenvalue weighted by molar-refractivity contribution is -0.00459. The van der Waals surface area contributed by atoms with Gasteiger partial charge in [-0.15, -0.1) is 11.3 Å². The third-order valence-electron chi connectivity index (χ3n) is 5.12. The number of carbonyl (C=O) groups is 1. The van der Waals surface area contributed by atoms with E-state index in [4.69, 9.17) is 9.84 Å². The second kappa shape index (κ2) is 6.87. The molecule has 0 N–H and O–H groups in total. The normalized spacial score (nSPS) is 20.2. The Kier molecular flexibility index (Phi) is 4.33. The van der Waals surface area contributed by atoms with Crippen LogP contribution in [-0.2, 0) is 0 Å². The SMILES string of the molecule is Cc1ccc(C(=O)[C@@H]2Oc3ccc(Br)cc3[C@H]3CC(c4cccs4)=NN32)cc1. The number of rotatable bonds is 3. The first-order chi connectivity index (χ1) is 13.6. The zero-order valence-electron chi connectivity index (χ0n) is 15.1. The summed E-state index contributed by atoms with van der Waals surface area (Å²) in [5.74, 6) is 0.673. The van der Waals surface area contributed by atoms with Crippen molar-refractivity contribution in [1.29, 1.82) is 0 Å². The molecule has 4 nitrogen and oxygen atoms in total. The second-order valence-electron chi connectivity index (χ2n) is 7.01. The van der Waals surface area contributed by atoms with Gasteiger partial charge in [0.15, 0.2) is 0 Å². The summed E-state index contributed by atoms with van der Waals surface area (Å²) in [7, 11) is 0. The lowest BCUT2D eigenvalue weighted by Crippen LogP contribution is -2.45. The third-order valence-corrected chi connectivity index (χ3v) is 6.53. The maximum atomic E-state index is 13.3. The molecule has 0 bridgehead atoms. The van der Waals surface area contributed by atoms with Crippen LogP contribution in [0, 0.1) is 6.92 Å². The van der Waals surface area contributed by atoms with Gasteiger partial charge in [-0.1, -0.05) is 51.8 Å². The Balaban J connectivity index is 1.57. The van der Waals surface area contributed by atoms with Crippen LogP contribution >= 0.6 is 27.3 Å². The molecule has 2 atom stereocenters. The summed E-state index contributed by atoms with van der Waals surface area (Å²) in [6, 6.07) is 17.6. The van der Waals surface area contributed by atoms with Crippen molar-refractivity contribution in [3.63, 3.8) is 0 Å². The number of hydrazone groups is 1. The molecule has 3 heterocycles. The van der Waals surface area contributed by atoms with Crippen LogP contribution in [0.3, 0.4) is 0 Å². The standard InChI is InChI=1S/C22H17BrN2O2S/c1-13-4-6-14(7-5-13)21(26)22-25-18(12-17(24-25)20-3-2-10-28-20)16-11-15(23)8-9-19(16)27-22/h2-11,18,22H,12H2,1H3/t18-,22+/m1/s1. The van der Waals surface area contributed by atoms with Gasteiger partial charge in [0.05, 0.1) is 16.6 Å². The van der Waals surface area contributed by atoms with E-state index in [9.17, 15) is 4.79 Å². The molecule has 0 fully saturated rings. The lowest BCUT2D eigenvalue weighted by atomic mass is 9.97. The van der Waals surface area contributed by atoms with Gasteiger partial charge in [0.2, 0.25) is 5.78 Å². The number of halogens is 1. The van der Waals surface area contributed by atoms with E-state index in [1.165, 1.54) is 0 Å². The van der Waals surface area contributed by atoms with Crippen molar-refractivity contribution in [1.82, 2.24) is 5.01 Å². The molecule has 0 aliphatic carbocycles. The molecule has 2 aliphatic rings. The van der Waals surface area contributed by atoms with Gasteiger partial charge in [0.25, 0.3) is 6.23 Å². The van der Waals surface area contributed by atoms with E-state index in [0.717, 1.165) is 38.4 Å². The largest absolute Gasteiger partial charge is 0.461 e. The van der Waals surface area contributed by atoms with Gasteiger partial charge in [-0.05, 0) is 36.6 Å². The fourth-order valence-electron chi connectivity index (χ4n) is 3.68. The first-order valence-electron chi connectivity index (χ1n) is 9.07. The molecule has 2 aromatic carbocycles. The highest BCUT2D eigenvalue weighted by Crippen LogP contribution is 2.44. The minimum absolute atomic E-state index is 0.0160. The van der Waals surface area contributed by atoms with Crippen molar-refractivity contribution in [2.24, 2.45) is 5.10 Å². The van der Waals surface area contributed by atoms with Crippen molar-refractivity contribution in [2.75, 3.05) is 0 Å². The Morgan fingerprint density at radius 2 is 2.04 bits per heavy atom. The predicted octanol–water partition coefficient (Wildman–Crippen LogP) is 5.57. The zero-order valence-corrected chi connectivity index (χ0v) is 17.5. The third kappa shape index (κ3) is 2.97. The highest BCUT2D eigenvalue weighted by Gasteiger charge is 2.43. The van der Waals surface area contributed by atoms with Gasteiger partial charge in [-0.2, -0.15) is 5.10 Å². The molecular formula is C22H17BrN2O2S. The van der Waals surface area contributed by atoms with E-state index in [2.05, 4.69) is 28.1 Å². The molecule has 0 radical (unpaired) electrons. The van der Waals surface area contributed by atoms with E-state index in [0.29, 0.717) is 5.56 Å². The van der Waals surface area contributed by atoms with Crippen LogP contribution in [0.1, 0.15) is 38.8 Å². The Morgan fingerprint density at radius 3 is 2.79 bits per heavy atom. The number of ether oxygens (including phenoxy) is 1. The zero-order chi connectivity index (χ0) is 19.3. The summed E-state index contributed by atoms with van der Waals surface area (Å²) in [6.45, 7) is 2.01. The van der Waals surface area contributed by atoms with Gasteiger partial charge in [0.1, 0.15) is 5.75 Å². The average molecular weight is 453 g/mol. The summed E-state index contributed by atoms with van der Waals surface area (Å²) >= 11 is 5.22. The van der Waals surface area contributed by atoms with Gasteiger partial charge < -0.3 is 4.74 Å².